The zero-order valence-electron chi connectivity index (χ0n) is 21.7. The van der Waals surface area contributed by atoms with Crippen LogP contribution in [0.2, 0.25) is 0 Å². The summed E-state index contributed by atoms with van der Waals surface area (Å²) in [5.74, 6) is -2.34. The molecule has 0 radical (unpaired) electrons. The molecule has 2 aliphatic rings. The molecular formula is C27H30O14. The number of hydrogen-bond acceptors (Lipinski definition) is 14. The minimum Gasteiger partial charge on any atom is -0.507 e. The number of aliphatic hydroxyl groups excluding tert-OH is 5. The Morgan fingerprint density at radius 3 is 2.07 bits per heavy atom. The molecule has 14 heteroatoms. The predicted molar refractivity (Wildman–Crippen MR) is 137 cm³/mol. The highest BCUT2D eigenvalue weighted by Crippen LogP contribution is 2.46. The molecule has 2 aromatic carbocycles. The normalized spacial score (nSPS) is 34.1. The van der Waals surface area contributed by atoms with Crippen molar-refractivity contribution in [2.24, 2.45) is 0 Å². The van der Waals surface area contributed by atoms with Crippen LogP contribution in [-0.2, 0) is 14.2 Å². The lowest BCUT2D eigenvalue weighted by Gasteiger charge is -2.46. The summed E-state index contributed by atoms with van der Waals surface area (Å²) in [5, 5.41) is 93.2. The summed E-state index contributed by atoms with van der Waals surface area (Å²) in [5.41, 5.74) is -1.20. The lowest BCUT2D eigenvalue weighted by Crippen LogP contribution is -2.61. The van der Waals surface area contributed by atoms with Crippen molar-refractivity contribution < 1.29 is 64.6 Å². The van der Waals surface area contributed by atoms with Crippen molar-refractivity contribution in [2.75, 3.05) is 0 Å². The number of fused-ring (bicyclic) bond motifs is 1. The van der Waals surface area contributed by atoms with Gasteiger partial charge in [0, 0.05) is 17.7 Å². The highest BCUT2D eigenvalue weighted by atomic mass is 16.7. The Balaban J connectivity index is 1.58. The first-order valence-electron chi connectivity index (χ1n) is 12.7. The third kappa shape index (κ3) is 4.98. The van der Waals surface area contributed by atoms with E-state index in [4.69, 9.17) is 18.6 Å². The summed E-state index contributed by atoms with van der Waals surface area (Å²) in [6.07, 6.45) is -15.0. The van der Waals surface area contributed by atoms with Gasteiger partial charge in [0.25, 0.3) is 0 Å². The molecule has 0 bridgehead atoms. The number of hydrogen-bond donors (Lipinski definition) is 9. The van der Waals surface area contributed by atoms with E-state index >= 15 is 0 Å². The Morgan fingerprint density at radius 2 is 1.39 bits per heavy atom. The fraction of sp³-hybridized carbons (Fsp3) is 0.444. The van der Waals surface area contributed by atoms with E-state index in [-0.39, 0.29) is 22.3 Å². The molecule has 0 amide bonds. The van der Waals surface area contributed by atoms with E-state index in [0.29, 0.717) is 0 Å². The molecule has 0 unspecified atom stereocenters. The van der Waals surface area contributed by atoms with Crippen LogP contribution in [0, 0.1) is 0 Å². The van der Waals surface area contributed by atoms with Gasteiger partial charge >= 0.3 is 0 Å². The summed E-state index contributed by atoms with van der Waals surface area (Å²) in [6, 6.07) is 5.75. The van der Waals surface area contributed by atoms with Gasteiger partial charge < -0.3 is 64.6 Å². The van der Waals surface area contributed by atoms with E-state index in [0.717, 1.165) is 18.2 Å². The maximum atomic E-state index is 13.1. The molecule has 2 fully saturated rings. The second-order valence-electron chi connectivity index (χ2n) is 10.2. The van der Waals surface area contributed by atoms with Crippen LogP contribution in [0.5, 0.6) is 23.0 Å². The smallest absolute Gasteiger partial charge is 0.197 e. The highest BCUT2D eigenvalue weighted by Gasteiger charge is 2.50. The molecule has 0 aliphatic carbocycles. The Labute approximate surface area is 231 Å². The van der Waals surface area contributed by atoms with Gasteiger partial charge in [-0.2, -0.15) is 0 Å². The highest BCUT2D eigenvalue weighted by molar-refractivity contribution is 5.88. The van der Waals surface area contributed by atoms with E-state index in [1.807, 2.05) is 0 Å². The van der Waals surface area contributed by atoms with Crippen molar-refractivity contribution in [1.29, 1.82) is 0 Å². The number of benzene rings is 2. The lowest BCUT2D eigenvalue weighted by molar-refractivity contribution is -0.336. The van der Waals surface area contributed by atoms with Crippen molar-refractivity contribution in [3.8, 4) is 34.3 Å². The summed E-state index contributed by atoms with van der Waals surface area (Å²) in [6.45, 7) is 2.82. The van der Waals surface area contributed by atoms with Gasteiger partial charge in [-0.1, -0.05) is 0 Å². The lowest BCUT2D eigenvalue weighted by atomic mass is 9.89. The third-order valence-electron chi connectivity index (χ3n) is 7.48. The first kappa shape index (κ1) is 29.0. The van der Waals surface area contributed by atoms with Gasteiger partial charge in [-0.25, -0.2) is 0 Å². The Hall–Kier alpha value is -3.47. The van der Waals surface area contributed by atoms with Crippen LogP contribution in [0.3, 0.4) is 0 Å². The molecule has 2 saturated heterocycles. The van der Waals surface area contributed by atoms with Crippen LogP contribution in [0.4, 0.5) is 0 Å². The quantitative estimate of drug-likeness (QED) is 0.180. The van der Waals surface area contributed by atoms with Crippen LogP contribution in [0.15, 0.2) is 39.5 Å². The second-order valence-corrected chi connectivity index (χ2v) is 10.2. The molecule has 222 valence electrons. The number of aromatic hydroxyl groups is 4. The maximum Gasteiger partial charge on any atom is 0.197 e. The number of phenols is 4. The van der Waals surface area contributed by atoms with Crippen LogP contribution >= 0.6 is 0 Å². The second kappa shape index (κ2) is 10.7. The average molecular weight is 579 g/mol. The summed E-state index contributed by atoms with van der Waals surface area (Å²) >= 11 is 0. The monoisotopic (exact) mass is 578 g/mol. The summed E-state index contributed by atoms with van der Waals surface area (Å²) in [4.78, 5) is 13.1. The third-order valence-corrected chi connectivity index (χ3v) is 7.48. The van der Waals surface area contributed by atoms with Gasteiger partial charge in [-0.05, 0) is 32.0 Å². The van der Waals surface area contributed by atoms with E-state index in [9.17, 15) is 50.8 Å². The van der Waals surface area contributed by atoms with E-state index in [2.05, 4.69) is 0 Å². The standard InChI is InChI=1S/C27H30O14/c1-8-20(33)23(36)26(41-27-24(37)22(35)19(32)9(2)39-27)25(38-8)18-14(31)7-16-17(21(18)34)13(30)6-15(40-16)10-3-4-11(28)12(29)5-10/h3-9,19-20,22-29,31-37H,1-2H3/t8-,9-,19-,20+,22+,23+,24+,25-,26-,27-/m0/s1. The molecule has 10 atom stereocenters. The first-order chi connectivity index (χ1) is 19.3. The summed E-state index contributed by atoms with van der Waals surface area (Å²) in [7, 11) is 0. The topological polar surface area (TPSA) is 240 Å². The molecule has 14 nitrogen and oxygen atoms in total. The molecule has 5 rings (SSSR count). The van der Waals surface area contributed by atoms with Gasteiger partial charge in [-0.3, -0.25) is 4.79 Å². The fourth-order valence-corrected chi connectivity index (χ4v) is 5.11. The molecular weight excluding hydrogens is 548 g/mol. The van der Waals surface area contributed by atoms with E-state index in [1.165, 1.54) is 26.0 Å². The predicted octanol–water partition coefficient (Wildman–Crippen LogP) is -0.323. The summed E-state index contributed by atoms with van der Waals surface area (Å²) < 4.78 is 22.7. The van der Waals surface area contributed by atoms with Crippen LogP contribution < -0.4 is 5.43 Å². The van der Waals surface area contributed by atoms with Crippen LogP contribution in [-0.4, -0.2) is 101 Å². The molecule has 41 heavy (non-hydrogen) atoms. The molecule has 0 saturated carbocycles. The largest absolute Gasteiger partial charge is 0.507 e. The molecule has 0 spiro atoms. The minimum absolute atomic E-state index is 0.0510. The number of phenolic OH excluding ortho intramolecular Hbond substituents is 4. The SMILES string of the molecule is C[C@@H]1O[C@@H](O[C@H]2[C@H](O)[C@H](O)[C@H](C)O[C@H]2c2c(O)cc3oc(-c4ccc(O)c(O)c4)cc(=O)c3c2O)[C@H](O)[C@H](O)[C@H]1O. The van der Waals surface area contributed by atoms with Crippen molar-refractivity contribution in [3.63, 3.8) is 0 Å². The Bertz CT molecular complexity index is 1500. The molecule has 1 aromatic heterocycles. The molecule has 2 aliphatic heterocycles. The van der Waals surface area contributed by atoms with E-state index < -0.39 is 95.2 Å². The van der Waals surface area contributed by atoms with Gasteiger partial charge in [0.1, 0.15) is 71.0 Å². The zero-order valence-corrected chi connectivity index (χ0v) is 21.7. The van der Waals surface area contributed by atoms with Crippen molar-refractivity contribution in [3.05, 3.63) is 46.1 Å². The van der Waals surface area contributed by atoms with E-state index in [1.54, 1.807) is 0 Å². The average Bonchev–Trinajstić information content (AvgIpc) is 2.92. The zero-order chi connectivity index (χ0) is 29.9. The van der Waals surface area contributed by atoms with Gasteiger partial charge in [-0.15, -0.1) is 0 Å². The first-order valence-corrected chi connectivity index (χ1v) is 12.7. The maximum absolute atomic E-state index is 13.1. The molecule has 3 heterocycles. The van der Waals surface area contributed by atoms with Crippen molar-refractivity contribution >= 4 is 11.0 Å². The Morgan fingerprint density at radius 1 is 0.732 bits per heavy atom. The fourth-order valence-electron chi connectivity index (χ4n) is 5.11. The minimum atomic E-state index is -1.78. The number of ether oxygens (including phenoxy) is 3. The van der Waals surface area contributed by atoms with Crippen LogP contribution in [0.25, 0.3) is 22.3 Å². The van der Waals surface area contributed by atoms with Crippen molar-refractivity contribution in [1.82, 2.24) is 0 Å². The van der Waals surface area contributed by atoms with Crippen LogP contribution in [0.1, 0.15) is 25.5 Å². The Kier molecular flexibility index (Phi) is 7.61. The molecule has 9 N–H and O–H groups in total. The number of rotatable bonds is 4. The molecule has 3 aromatic rings. The van der Waals surface area contributed by atoms with Gasteiger partial charge in [0.05, 0.1) is 17.8 Å². The van der Waals surface area contributed by atoms with Gasteiger partial charge in [0.15, 0.2) is 23.2 Å². The number of aliphatic hydroxyl groups is 5. The van der Waals surface area contributed by atoms with Gasteiger partial charge in [0.2, 0.25) is 0 Å². The van der Waals surface area contributed by atoms with Crippen molar-refractivity contribution in [2.45, 2.75) is 75.1 Å².